The molecule has 1 aromatic heterocycles. The van der Waals surface area contributed by atoms with Crippen LogP contribution in [-0.4, -0.2) is 18.1 Å². The molecular formula is C15H21N3O. The molecule has 0 spiro atoms. The Kier molecular flexibility index (Phi) is 4.58. The van der Waals surface area contributed by atoms with Crippen LogP contribution in [0.4, 0.5) is 11.7 Å². The summed E-state index contributed by atoms with van der Waals surface area (Å²) in [5.74, 6) is 0. The topological polar surface area (TPSA) is 41.3 Å². The Hall–Kier alpha value is -1.81. The van der Waals surface area contributed by atoms with Crippen LogP contribution in [0.5, 0.6) is 0 Å². The molecule has 0 saturated carbocycles. The maximum Gasteiger partial charge on any atom is 0.302 e. The van der Waals surface area contributed by atoms with E-state index in [1.165, 1.54) is 5.56 Å². The summed E-state index contributed by atoms with van der Waals surface area (Å²) in [6, 6.07) is 9.03. The van der Waals surface area contributed by atoms with Crippen molar-refractivity contribution in [2.75, 3.05) is 18.0 Å². The first-order chi connectivity index (χ1) is 9.24. The molecule has 1 N–H and O–H groups in total. The summed E-state index contributed by atoms with van der Waals surface area (Å²) in [5.41, 5.74) is 3.28. The minimum atomic E-state index is 0.652. The number of oxazole rings is 1. The standard InChI is InChI=1S/C15H21N3O/c1-4-16-10-13-11-19-15(17-13)18(5-2)14-8-6-12(3)7-9-14/h6-9,11,16H,4-5,10H2,1-3H3. The lowest BCUT2D eigenvalue weighted by Gasteiger charge is -2.18. The van der Waals surface area contributed by atoms with Gasteiger partial charge in [-0.05, 0) is 32.5 Å². The van der Waals surface area contributed by atoms with Crippen LogP contribution in [0, 0.1) is 6.92 Å². The van der Waals surface area contributed by atoms with Crippen LogP contribution in [0.1, 0.15) is 25.1 Å². The van der Waals surface area contributed by atoms with E-state index in [4.69, 9.17) is 4.42 Å². The number of rotatable bonds is 6. The van der Waals surface area contributed by atoms with Crippen molar-refractivity contribution in [1.82, 2.24) is 10.3 Å². The Morgan fingerprint density at radius 3 is 2.58 bits per heavy atom. The van der Waals surface area contributed by atoms with Crippen LogP contribution in [-0.2, 0) is 6.54 Å². The van der Waals surface area contributed by atoms with Crippen molar-refractivity contribution in [2.45, 2.75) is 27.3 Å². The Bertz CT molecular complexity index is 504. The molecule has 0 unspecified atom stereocenters. The van der Waals surface area contributed by atoms with Gasteiger partial charge in [0.2, 0.25) is 0 Å². The van der Waals surface area contributed by atoms with E-state index in [2.05, 4.69) is 60.2 Å². The molecule has 0 aliphatic carbocycles. The van der Waals surface area contributed by atoms with E-state index >= 15 is 0 Å². The van der Waals surface area contributed by atoms with Crippen molar-refractivity contribution in [3.63, 3.8) is 0 Å². The molecule has 0 amide bonds. The monoisotopic (exact) mass is 259 g/mol. The molecule has 0 saturated heterocycles. The number of nitrogens with zero attached hydrogens (tertiary/aromatic N) is 2. The summed E-state index contributed by atoms with van der Waals surface area (Å²) < 4.78 is 5.57. The predicted molar refractivity (Wildman–Crippen MR) is 77.7 cm³/mol. The molecule has 1 aromatic carbocycles. The van der Waals surface area contributed by atoms with Crippen molar-refractivity contribution in [3.05, 3.63) is 41.8 Å². The number of nitrogens with one attached hydrogen (secondary N) is 1. The third-order valence-electron chi connectivity index (χ3n) is 2.99. The largest absolute Gasteiger partial charge is 0.431 e. The summed E-state index contributed by atoms with van der Waals surface area (Å²) in [4.78, 5) is 6.58. The molecule has 0 bridgehead atoms. The first-order valence-corrected chi connectivity index (χ1v) is 6.74. The Labute approximate surface area is 114 Å². The number of benzene rings is 1. The van der Waals surface area contributed by atoms with Gasteiger partial charge in [0.1, 0.15) is 6.26 Å². The maximum absolute atomic E-state index is 5.57. The number of aromatic nitrogens is 1. The number of hydrogen-bond donors (Lipinski definition) is 1. The van der Waals surface area contributed by atoms with Crippen molar-refractivity contribution in [2.24, 2.45) is 0 Å². The van der Waals surface area contributed by atoms with E-state index in [1.54, 1.807) is 6.26 Å². The number of anilines is 2. The van der Waals surface area contributed by atoms with Gasteiger partial charge in [-0.2, -0.15) is 4.98 Å². The molecule has 1 heterocycles. The van der Waals surface area contributed by atoms with Crippen LogP contribution in [0.2, 0.25) is 0 Å². The SMILES string of the molecule is CCNCc1coc(N(CC)c2ccc(C)cc2)n1. The molecule has 0 aliphatic rings. The second-order valence-corrected chi connectivity index (χ2v) is 4.48. The van der Waals surface area contributed by atoms with Gasteiger partial charge in [-0.3, -0.25) is 4.90 Å². The first-order valence-electron chi connectivity index (χ1n) is 6.74. The van der Waals surface area contributed by atoms with Crippen LogP contribution in [0.3, 0.4) is 0 Å². The second-order valence-electron chi connectivity index (χ2n) is 4.48. The molecule has 19 heavy (non-hydrogen) atoms. The minimum Gasteiger partial charge on any atom is -0.431 e. The third kappa shape index (κ3) is 3.35. The number of hydrogen-bond acceptors (Lipinski definition) is 4. The van der Waals surface area contributed by atoms with Crippen molar-refractivity contribution in [3.8, 4) is 0 Å². The highest BCUT2D eigenvalue weighted by atomic mass is 16.4. The van der Waals surface area contributed by atoms with E-state index in [-0.39, 0.29) is 0 Å². The fourth-order valence-corrected chi connectivity index (χ4v) is 1.91. The van der Waals surface area contributed by atoms with Crippen molar-refractivity contribution < 1.29 is 4.42 Å². The molecule has 0 radical (unpaired) electrons. The average molecular weight is 259 g/mol. The summed E-state index contributed by atoms with van der Waals surface area (Å²) in [6.45, 7) is 8.74. The lowest BCUT2D eigenvalue weighted by atomic mass is 10.2. The van der Waals surface area contributed by atoms with E-state index in [0.717, 1.165) is 31.0 Å². The van der Waals surface area contributed by atoms with E-state index in [9.17, 15) is 0 Å². The van der Waals surface area contributed by atoms with E-state index < -0.39 is 0 Å². The van der Waals surface area contributed by atoms with Crippen LogP contribution in [0.25, 0.3) is 0 Å². The molecule has 4 heteroatoms. The predicted octanol–water partition coefficient (Wildman–Crippen LogP) is 3.25. The number of aryl methyl sites for hydroxylation is 1. The van der Waals surface area contributed by atoms with E-state index in [0.29, 0.717) is 6.01 Å². The lowest BCUT2D eigenvalue weighted by molar-refractivity contribution is 0.552. The Balaban J connectivity index is 2.17. The zero-order chi connectivity index (χ0) is 13.7. The van der Waals surface area contributed by atoms with Gasteiger partial charge in [0.05, 0.1) is 5.69 Å². The maximum atomic E-state index is 5.57. The van der Waals surface area contributed by atoms with Gasteiger partial charge < -0.3 is 9.73 Å². The van der Waals surface area contributed by atoms with Crippen molar-refractivity contribution in [1.29, 1.82) is 0 Å². The van der Waals surface area contributed by atoms with Gasteiger partial charge in [0.25, 0.3) is 0 Å². The molecule has 4 nitrogen and oxygen atoms in total. The molecule has 2 aromatic rings. The smallest absolute Gasteiger partial charge is 0.302 e. The molecule has 2 rings (SSSR count). The van der Waals surface area contributed by atoms with Crippen LogP contribution < -0.4 is 10.2 Å². The summed E-state index contributed by atoms with van der Waals surface area (Å²) in [6.07, 6.45) is 1.72. The third-order valence-corrected chi connectivity index (χ3v) is 2.99. The normalized spacial score (nSPS) is 10.7. The molecular weight excluding hydrogens is 238 g/mol. The fraction of sp³-hybridized carbons (Fsp3) is 0.400. The summed E-state index contributed by atoms with van der Waals surface area (Å²) in [7, 11) is 0. The highest BCUT2D eigenvalue weighted by molar-refractivity contribution is 5.56. The summed E-state index contributed by atoms with van der Waals surface area (Å²) in [5, 5.41) is 3.24. The van der Waals surface area contributed by atoms with Gasteiger partial charge in [0.15, 0.2) is 0 Å². The van der Waals surface area contributed by atoms with Gasteiger partial charge in [0, 0.05) is 18.8 Å². The van der Waals surface area contributed by atoms with Crippen LogP contribution >= 0.6 is 0 Å². The van der Waals surface area contributed by atoms with Gasteiger partial charge in [-0.15, -0.1) is 0 Å². The second kappa shape index (κ2) is 6.38. The minimum absolute atomic E-state index is 0.652. The zero-order valence-corrected chi connectivity index (χ0v) is 11.8. The average Bonchev–Trinajstić information content (AvgIpc) is 2.88. The van der Waals surface area contributed by atoms with Gasteiger partial charge >= 0.3 is 6.01 Å². The lowest BCUT2D eigenvalue weighted by Crippen LogP contribution is -2.17. The Morgan fingerprint density at radius 2 is 1.95 bits per heavy atom. The van der Waals surface area contributed by atoms with Crippen LogP contribution in [0.15, 0.2) is 34.9 Å². The van der Waals surface area contributed by atoms with E-state index in [1.807, 2.05) is 0 Å². The first kappa shape index (κ1) is 13.6. The zero-order valence-electron chi connectivity index (χ0n) is 11.8. The quantitative estimate of drug-likeness (QED) is 0.864. The molecule has 102 valence electrons. The van der Waals surface area contributed by atoms with Gasteiger partial charge in [-0.1, -0.05) is 24.6 Å². The fourth-order valence-electron chi connectivity index (χ4n) is 1.91. The highest BCUT2D eigenvalue weighted by Crippen LogP contribution is 2.24. The summed E-state index contributed by atoms with van der Waals surface area (Å²) >= 11 is 0. The highest BCUT2D eigenvalue weighted by Gasteiger charge is 2.13. The van der Waals surface area contributed by atoms with Gasteiger partial charge in [-0.25, -0.2) is 0 Å². The Morgan fingerprint density at radius 1 is 1.21 bits per heavy atom. The molecule has 0 aliphatic heterocycles. The van der Waals surface area contributed by atoms with Crippen molar-refractivity contribution >= 4 is 11.7 Å². The molecule has 0 atom stereocenters. The molecule has 0 fully saturated rings.